The SMILES string of the molecule is CC1(C)C(C=C(Br)Br)C1C(=O)OC(F)c1cc(F)c(F)c(F)c1F. The molecule has 0 amide bonds. The second kappa shape index (κ2) is 6.74. The fourth-order valence-electron chi connectivity index (χ4n) is 2.57. The number of allylic oxidation sites excluding steroid dienone is 1. The molecule has 1 saturated carbocycles. The first-order valence-electron chi connectivity index (χ1n) is 6.68. The lowest BCUT2D eigenvalue weighted by Crippen LogP contribution is -2.15. The molecule has 0 aliphatic heterocycles. The number of esters is 1. The van der Waals surface area contributed by atoms with Gasteiger partial charge in [-0.25, -0.2) is 17.6 Å². The second-order valence-electron chi connectivity index (χ2n) is 5.92. The molecule has 1 aromatic carbocycles. The van der Waals surface area contributed by atoms with Gasteiger partial charge in [0.1, 0.15) is 0 Å². The number of hydrogen-bond donors (Lipinski definition) is 0. The van der Waals surface area contributed by atoms with Crippen LogP contribution < -0.4 is 0 Å². The van der Waals surface area contributed by atoms with Crippen molar-refractivity contribution in [3.05, 3.63) is 44.4 Å². The smallest absolute Gasteiger partial charge is 0.312 e. The van der Waals surface area contributed by atoms with E-state index in [9.17, 15) is 26.7 Å². The van der Waals surface area contributed by atoms with Gasteiger partial charge in [0, 0.05) is 0 Å². The molecule has 0 heterocycles. The predicted molar refractivity (Wildman–Crippen MR) is 82.9 cm³/mol. The van der Waals surface area contributed by atoms with Gasteiger partial charge in [0.25, 0.3) is 6.36 Å². The van der Waals surface area contributed by atoms with Gasteiger partial charge in [-0.2, -0.15) is 4.39 Å². The maximum atomic E-state index is 14.0. The summed E-state index contributed by atoms with van der Waals surface area (Å²) >= 11 is 6.29. The lowest BCUT2D eigenvalue weighted by atomic mass is 10.1. The summed E-state index contributed by atoms with van der Waals surface area (Å²) in [6.07, 6.45) is -1.08. The number of halogens is 7. The van der Waals surface area contributed by atoms with Gasteiger partial charge < -0.3 is 4.74 Å². The minimum absolute atomic E-state index is 0.121. The van der Waals surface area contributed by atoms with E-state index in [1.807, 2.05) is 0 Å². The summed E-state index contributed by atoms with van der Waals surface area (Å²) in [5.41, 5.74) is -1.74. The van der Waals surface area contributed by atoms with Crippen LogP contribution in [0.3, 0.4) is 0 Å². The molecule has 0 spiro atoms. The van der Waals surface area contributed by atoms with Gasteiger partial charge in [0.15, 0.2) is 23.3 Å². The van der Waals surface area contributed by atoms with Crippen LogP contribution in [-0.4, -0.2) is 5.97 Å². The minimum Gasteiger partial charge on any atom is -0.426 e. The molecule has 0 saturated heterocycles. The van der Waals surface area contributed by atoms with E-state index in [1.165, 1.54) is 0 Å². The van der Waals surface area contributed by atoms with Crippen molar-refractivity contribution in [3.63, 3.8) is 0 Å². The highest BCUT2D eigenvalue weighted by atomic mass is 79.9. The topological polar surface area (TPSA) is 26.3 Å². The summed E-state index contributed by atoms with van der Waals surface area (Å²) in [6.45, 7) is 3.49. The van der Waals surface area contributed by atoms with E-state index >= 15 is 0 Å². The summed E-state index contributed by atoms with van der Waals surface area (Å²) in [5, 5.41) is 0. The van der Waals surface area contributed by atoms with Crippen LogP contribution in [0.5, 0.6) is 0 Å². The van der Waals surface area contributed by atoms with Crippen LogP contribution in [0.25, 0.3) is 0 Å². The van der Waals surface area contributed by atoms with Crippen LogP contribution in [0.1, 0.15) is 25.8 Å². The van der Waals surface area contributed by atoms with Crippen LogP contribution in [-0.2, 0) is 9.53 Å². The zero-order valence-electron chi connectivity index (χ0n) is 12.3. The minimum atomic E-state index is -2.75. The molecule has 0 radical (unpaired) electrons. The van der Waals surface area contributed by atoms with Gasteiger partial charge >= 0.3 is 5.97 Å². The molecule has 1 aliphatic rings. The van der Waals surface area contributed by atoms with Crippen molar-refractivity contribution in [2.24, 2.45) is 17.3 Å². The van der Waals surface area contributed by atoms with Gasteiger partial charge in [-0.15, -0.1) is 0 Å². The van der Waals surface area contributed by atoms with Gasteiger partial charge in [0.05, 0.1) is 14.9 Å². The van der Waals surface area contributed by atoms with E-state index in [0.717, 1.165) is 0 Å². The van der Waals surface area contributed by atoms with Crippen molar-refractivity contribution < 1.29 is 31.5 Å². The Hall–Kier alpha value is -0.960. The summed E-state index contributed by atoms with van der Waals surface area (Å²) in [7, 11) is 0. The van der Waals surface area contributed by atoms with E-state index in [4.69, 9.17) is 0 Å². The van der Waals surface area contributed by atoms with Gasteiger partial charge in [-0.1, -0.05) is 19.9 Å². The molecule has 3 unspecified atom stereocenters. The monoisotopic (exact) mass is 476 g/mol. The molecule has 132 valence electrons. The predicted octanol–water partition coefficient (Wildman–Crippen LogP) is 5.66. The van der Waals surface area contributed by atoms with Crippen LogP contribution in [0.4, 0.5) is 22.0 Å². The number of rotatable bonds is 4. The summed E-state index contributed by atoms with van der Waals surface area (Å²) in [6, 6.07) is 0.121. The molecule has 1 aromatic rings. The third-order valence-corrected chi connectivity index (χ3v) is 4.59. The normalized spacial score (nSPS) is 22.7. The number of ether oxygens (including phenoxy) is 1. The second-order valence-corrected chi connectivity index (χ2v) is 8.70. The van der Waals surface area contributed by atoms with Gasteiger partial charge in [-0.3, -0.25) is 4.79 Å². The van der Waals surface area contributed by atoms with E-state index < -0.39 is 52.5 Å². The molecule has 3 atom stereocenters. The lowest BCUT2D eigenvalue weighted by molar-refractivity contribution is -0.161. The zero-order chi connectivity index (χ0) is 18.4. The van der Waals surface area contributed by atoms with Crippen molar-refractivity contribution in [1.82, 2.24) is 0 Å². The Kier molecular flexibility index (Phi) is 5.44. The average molecular weight is 478 g/mol. The highest BCUT2D eigenvalue weighted by Gasteiger charge is 2.62. The molecule has 0 aromatic heterocycles. The number of hydrogen-bond acceptors (Lipinski definition) is 2. The van der Waals surface area contributed by atoms with Crippen LogP contribution >= 0.6 is 31.9 Å². The third-order valence-electron chi connectivity index (χ3n) is 4.07. The molecular formula is C15H11Br2F5O2. The first-order valence-corrected chi connectivity index (χ1v) is 8.27. The van der Waals surface area contributed by atoms with Crippen LogP contribution in [0, 0.1) is 40.5 Å². The first-order chi connectivity index (χ1) is 11.0. The molecule has 2 rings (SSSR count). The van der Waals surface area contributed by atoms with Crippen LogP contribution in [0.15, 0.2) is 15.5 Å². The van der Waals surface area contributed by atoms with E-state index in [1.54, 1.807) is 19.9 Å². The number of carbonyl (C=O) groups excluding carboxylic acids is 1. The summed E-state index contributed by atoms with van der Waals surface area (Å²) < 4.78 is 71.7. The maximum absolute atomic E-state index is 14.0. The van der Waals surface area contributed by atoms with Gasteiger partial charge in [0.2, 0.25) is 0 Å². The number of benzene rings is 1. The Morgan fingerprint density at radius 3 is 2.33 bits per heavy atom. The quantitative estimate of drug-likeness (QED) is 0.242. The van der Waals surface area contributed by atoms with Crippen molar-refractivity contribution in [2.45, 2.75) is 20.2 Å². The highest BCUT2D eigenvalue weighted by Crippen LogP contribution is 2.60. The molecule has 0 N–H and O–H groups in total. The fourth-order valence-corrected chi connectivity index (χ4v) is 3.14. The molecule has 0 bridgehead atoms. The summed E-state index contributed by atoms with van der Waals surface area (Å²) in [4.78, 5) is 12.0. The summed E-state index contributed by atoms with van der Waals surface area (Å²) in [5.74, 6) is -9.91. The van der Waals surface area contributed by atoms with E-state index in [0.29, 0.717) is 3.39 Å². The van der Waals surface area contributed by atoms with E-state index in [-0.39, 0.29) is 12.0 Å². The largest absolute Gasteiger partial charge is 0.426 e. The Balaban J connectivity index is 2.18. The zero-order valence-corrected chi connectivity index (χ0v) is 15.5. The molecular weight excluding hydrogens is 467 g/mol. The first kappa shape index (κ1) is 19.4. The molecule has 1 aliphatic carbocycles. The van der Waals surface area contributed by atoms with E-state index in [2.05, 4.69) is 36.6 Å². The molecule has 1 fully saturated rings. The Morgan fingerprint density at radius 2 is 1.79 bits per heavy atom. The Labute approximate surface area is 151 Å². The lowest BCUT2D eigenvalue weighted by Gasteiger charge is -2.12. The molecule has 9 heteroatoms. The van der Waals surface area contributed by atoms with Crippen molar-refractivity contribution in [3.8, 4) is 0 Å². The Bertz CT molecular complexity index is 716. The van der Waals surface area contributed by atoms with Crippen molar-refractivity contribution in [1.29, 1.82) is 0 Å². The highest BCUT2D eigenvalue weighted by molar-refractivity contribution is 9.28. The number of carbonyl (C=O) groups is 1. The van der Waals surface area contributed by atoms with Gasteiger partial charge in [-0.05, 0) is 49.3 Å². The van der Waals surface area contributed by atoms with Crippen molar-refractivity contribution >= 4 is 37.8 Å². The molecule has 2 nitrogen and oxygen atoms in total. The average Bonchev–Trinajstić information content (AvgIpc) is 3.00. The third kappa shape index (κ3) is 3.51. The van der Waals surface area contributed by atoms with Crippen molar-refractivity contribution in [2.75, 3.05) is 0 Å². The number of alkyl halides is 1. The Morgan fingerprint density at radius 1 is 1.21 bits per heavy atom. The van der Waals surface area contributed by atoms with Crippen LogP contribution in [0.2, 0.25) is 0 Å². The fraction of sp³-hybridized carbons (Fsp3) is 0.400. The maximum Gasteiger partial charge on any atom is 0.312 e. The standard InChI is InChI=1S/C15H11Br2F5O2/c1-15(2)6(4-8(16)17)9(15)14(23)24-13(22)5-3-7(18)11(20)12(21)10(5)19/h3-4,6,9,13H,1-2H3. The molecule has 24 heavy (non-hydrogen) atoms.